The molecule has 1 N–H and O–H groups in total. The minimum Gasteiger partial charge on any atom is -0.307 e. The zero-order valence-corrected chi connectivity index (χ0v) is 9.92. The quantitative estimate of drug-likeness (QED) is 0.662. The summed E-state index contributed by atoms with van der Waals surface area (Å²) in [5, 5.41) is 3.18. The Bertz CT molecular complexity index is 141. The second kappa shape index (κ2) is 6.38. The number of hydrogen-bond donors (Lipinski definition) is 1. The zero-order chi connectivity index (χ0) is 10.4. The fraction of sp³-hybridized carbons (Fsp3) is 1.00. The van der Waals surface area contributed by atoms with Crippen molar-refractivity contribution >= 4 is 0 Å². The average molecular weight is 199 g/mol. The van der Waals surface area contributed by atoms with Crippen LogP contribution in [0.5, 0.6) is 0 Å². The predicted molar refractivity (Wildman–Crippen MR) is 61.4 cm³/mol. The van der Waals surface area contributed by atoms with Gasteiger partial charge in [0.15, 0.2) is 0 Å². The number of hydrogen-bond acceptors (Lipinski definition) is 3. The number of nitrogens with zero attached hydrogens (tertiary/aromatic N) is 2. The molecule has 0 saturated carbocycles. The van der Waals surface area contributed by atoms with Crippen molar-refractivity contribution in [2.75, 3.05) is 47.4 Å². The maximum Gasteiger partial charge on any atom is 0.0475 e. The van der Waals surface area contributed by atoms with E-state index < -0.39 is 0 Å². The molecule has 3 heteroatoms. The highest BCUT2D eigenvalue weighted by atomic mass is 15.2. The topological polar surface area (TPSA) is 18.5 Å². The van der Waals surface area contributed by atoms with Gasteiger partial charge in [0.25, 0.3) is 0 Å². The fourth-order valence-corrected chi connectivity index (χ4v) is 2.10. The molecule has 0 unspecified atom stereocenters. The number of nitrogens with one attached hydrogen (secondary N) is 1. The van der Waals surface area contributed by atoms with E-state index in [0.29, 0.717) is 0 Å². The van der Waals surface area contributed by atoms with Crippen LogP contribution in [0, 0.1) is 5.92 Å². The van der Waals surface area contributed by atoms with E-state index in [0.717, 1.165) is 12.6 Å². The van der Waals surface area contributed by atoms with Crippen LogP contribution in [0.3, 0.4) is 0 Å². The highest BCUT2D eigenvalue weighted by Gasteiger charge is 2.16. The zero-order valence-electron chi connectivity index (χ0n) is 9.92. The van der Waals surface area contributed by atoms with Crippen LogP contribution < -0.4 is 5.32 Å². The van der Waals surface area contributed by atoms with Gasteiger partial charge in [-0.25, -0.2) is 0 Å². The molecule has 0 amide bonds. The highest BCUT2D eigenvalue weighted by molar-refractivity contribution is 4.70. The molecule has 0 aromatic rings. The largest absolute Gasteiger partial charge is 0.307 e. The Morgan fingerprint density at radius 2 is 2.00 bits per heavy atom. The molecule has 1 heterocycles. The van der Waals surface area contributed by atoms with Gasteiger partial charge in [0.1, 0.15) is 0 Å². The van der Waals surface area contributed by atoms with Crippen LogP contribution in [-0.2, 0) is 0 Å². The van der Waals surface area contributed by atoms with Gasteiger partial charge >= 0.3 is 0 Å². The normalized spacial score (nSPS) is 20.6. The van der Waals surface area contributed by atoms with E-state index >= 15 is 0 Å². The molecule has 1 aliphatic heterocycles. The van der Waals surface area contributed by atoms with Gasteiger partial charge in [-0.2, -0.15) is 0 Å². The summed E-state index contributed by atoms with van der Waals surface area (Å²) < 4.78 is 0. The predicted octanol–water partition coefficient (Wildman–Crippen LogP) is 0.827. The molecule has 0 aromatic heterocycles. The van der Waals surface area contributed by atoms with E-state index in [1.54, 1.807) is 0 Å². The molecule has 0 aromatic carbocycles. The molecule has 1 aliphatic rings. The third-order valence-corrected chi connectivity index (χ3v) is 3.19. The average Bonchev–Trinajstić information content (AvgIpc) is 2.17. The van der Waals surface area contributed by atoms with Crippen molar-refractivity contribution in [3.63, 3.8) is 0 Å². The molecular formula is C11H25N3. The van der Waals surface area contributed by atoms with Crippen molar-refractivity contribution in [2.24, 2.45) is 5.92 Å². The van der Waals surface area contributed by atoms with Gasteiger partial charge in [-0.15, -0.1) is 0 Å². The Kier molecular flexibility index (Phi) is 5.45. The van der Waals surface area contributed by atoms with Gasteiger partial charge < -0.3 is 10.2 Å². The number of rotatable bonds is 5. The monoisotopic (exact) mass is 199 g/mol. The van der Waals surface area contributed by atoms with E-state index in [2.05, 4.69) is 29.2 Å². The summed E-state index contributed by atoms with van der Waals surface area (Å²) in [5.41, 5.74) is 0. The van der Waals surface area contributed by atoms with Gasteiger partial charge in [0, 0.05) is 6.67 Å². The van der Waals surface area contributed by atoms with Crippen LogP contribution >= 0.6 is 0 Å². The van der Waals surface area contributed by atoms with Gasteiger partial charge in [-0.3, -0.25) is 4.90 Å². The summed E-state index contributed by atoms with van der Waals surface area (Å²) in [5.74, 6) is 0.963. The van der Waals surface area contributed by atoms with Crippen LogP contribution in [0.15, 0.2) is 0 Å². The molecule has 0 atom stereocenters. The first-order chi connectivity index (χ1) is 6.72. The van der Waals surface area contributed by atoms with Crippen LogP contribution in [0.1, 0.15) is 19.3 Å². The molecule has 14 heavy (non-hydrogen) atoms. The molecule has 0 spiro atoms. The van der Waals surface area contributed by atoms with Crippen LogP contribution in [-0.4, -0.2) is 57.2 Å². The molecule has 0 radical (unpaired) electrons. The molecule has 1 rings (SSSR count). The minimum absolute atomic E-state index is 0.963. The molecule has 1 saturated heterocycles. The Balaban J connectivity index is 2.06. The Hall–Kier alpha value is -0.120. The summed E-state index contributed by atoms with van der Waals surface area (Å²) in [4.78, 5) is 4.80. The van der Waals surface area contributed by atoms with Crippen molar-refractivity contribution < 1.29 is 0 Å². The van der Waals surface area contributed by atoms with E-state index in [1.165, 1.54) is 38.9 Å². The first-order valence-electron chi connectivity index (χ1n) is 5.74. The third-order valence-electron chi connectivity index (χ3n) is 3.19. The summed E-state index contributed by atoms with van der Waals surface area (Å²) in [6, 6.07) is 0. The first kappa shape index (κ1) is 12.0. The van der Waals surface area contributed by atoms with E-state index in [9.17, 15) is 0 Å². The maximum atomic E-state index is 3.18. The molecule has 0 bridgehead atoms. The summed E-state index contributed by atoms with van der Waals surface area (Å²) in [7, 11) is 6.42. The van der Waals surface area contributed by atoms with E-state index in [1.807, 2.05) is 7.05 Å². The van der Waals surface area contributed by atoms with Crippen LogP contribution in [0.25, 0.3) is 0 Å². The van der Waals surface area contributed by atoms with Crippen molar-refractivity contribution in [3.8, 4) is 0 Å². The Morgan fingerprint density at radius 1 is 1.36 bits per heavy atom. The van der Waals surface area contributed by atoms with Gasteiger partial charge in [-0.05, 0) is 66.0 Å². The SMILES string of the molecule is CNCN(C)CCC1CCN(C)CC1. The Labute approximate surface area is 88.5 Å². The summed E-state index contributed by atoms with van der Waals surface area (Å²) >= 11 is 0. The first-order valence-corrected chi connectivity index (χ1v) is 5.74. The molecular weight excluding hydrogens is 174 g/mol. The molecule has 0 aliphatic carbocycles. The number of likely N-dealkylation sites (tertiary alicyclic amines) is 1. The van der Waals surface area contributed by atoms with Gasteiger partial charge in [0.2, 0.25) is 0 Å². The minimum atomic E-state index is 0.963. The smallest absolute Gasteiger partial charge is 0.0475 e. The Morgan fingerprint density at radius 3 is 2.57 bits per heavy atom. The van der Waals surface area contributed by atoms with Crippen molar-refractivity contribution in [2.45, 2.75) is 19.3 Å². The van der Waals surface area contributed by atoms with Crippen molar-refractivity contribution in [1.82, 2.24) is 15.1 Å². The lowest BCUT2D eigenvalue weighted by molar-refractivity contribution is 0.194. The third kappa shape index (κ3) is 4.40. The van der Waals surface area contributed by atoms with Gasteiger partial charge in [0.05, 0.1) is 0 Å². The fourth-order valence-electron chi connectivity index (χ4n) is 2.10. The lowest BCUT2D eigenvalue weighted by Crippen LogP contribution is -2.34. The van der Waals surface area contributed by atoms with Gasteiger partial charge in [-0.1, -0.05) is 0 Å². The van der Waals surface area contributed by atoms with E-state index in [4.69, 9.17) is 0 Å². The highest BCUT2D eigenvalue weighted by Crippen LogP contribution is 2.19. The summed E-state index contributed by atoms with van der Waals surface area (Å²) in [6.07, 6.45) is 4.15. The summed E-state index contributed by atoms with van der Waals surface area (Å²) in [6.45, 7) is 4.82. The standard InChI is InChI=1S/C11H25N3/c1-12-10-14(3)9-6-11-4-7-13(2)8-5-11/h11-12H,4-10H2,1-3H3. The second-order valence-corrected chi connectivity index (χ2v) is 4.63. The van der Waals surface area contributed by atoms with Crippen LogP contribution in [0.2, 0.25) is 0 Å². The molecule has 84 valence electrons. The second-order valence-electron chi connectivity index (χ2n) is 4.63. The molecule has 1 fully saturated rings. The lowest BCUT2D eigenvalue weighted by Gasteiger charge is -2.30. The van der Waals surface area contributed by atoms with Crippen molar-refractivity contribution in [3.05, 3.63) is 0 Å². The molecule has 3 nitrogen and oxygen atoms in total. The van der Waals surface area contributed by atoms with Crippen LogP contribution in [0.4, 0.5) is 0 Å². The van der Waals surface area contributed by atoms with E-state index in [-0.39, 0.29) is 0 Å². The lowest BCUT2D eigenvalue weighted by atomic mass is 9.94. The number of piperidine rings is 1. The van der Waals surface area contributed by atoms with Crippen molar-refractivity contribution in [1.29, 1.82) is 0 Å². The maximum absolute atomic E-state index is 3.18.